The fourth-order valence-electron chi connectivity index (χ4n) is 11.7. The first-order chi connectivity index (χ1) is 48.6. The summed E-state index contributed by atoms with van der Waals surface area (Å²) in [5.74, 6) is -2.44. The van der Waals surface area contributed by atoms with E-state index in [0.29, 0.717) is 89.3 Å². The van der Waals surface area contributed by atoms with Crippen molar-refractivity contribution in [2.75, 3.05) is 0 Å². The lowest BCUT2D eigenvalue weighted by Crippen LogP contribution is -2.26. The Morgan fingerprint density at radius 2 is 0.832 bits per heavy atom. The number of carbonyl (C=O) groups is 2. The van der Waals surface area contributed by atoms with Crippen LogP contribution in [0, 0.1) is 23.3 Å². The zero-order valence-electron chi connectivity index (χ0n) is 54.4. The lowest BCUT2D eigenvalue weighted by atomic mass is 9.91. The van der Waals surface area contributed by atoms with Gasteiger partial charge in [-0.1, -0.05) is 68.2 Å². The number of primary amides is 1. The zero-order chi connectivity index (χ0) is 71.0. The number of fused-ring (bicyclic) bond motifs is 8. The molecule has 4 aromatic carbocycles. The van der Waals surface area contributed by atoms with E-state index in [1.807, 2.05) is 69.3 Å². The number of hydrogen-bond acceptors (Lipinski definition) is 16. The molecule has 101 heavy (non-hydrogen) atoms. The van der Waals surface area contributed by atoms with E-state index in [1.54, 1.807) is 137 Å². The maximum absolute atomic E-state index is 14.8. The average molecular weight is 1400 g/mol. The smallest absolute Gasteiger partial charge is 0.332 e. The highest BCUT2D eigenvalue weighted by atomic mass is 35.5. The molecule has 0 aliphatic rings. The molecule has 0 aliphatic heterocycles. The molecule has 0 saturated carbocycles. The number of amides is 2. The molecule has 4 atom stereocenters. The van der Waals surface area contributed by atoms with E-state index in [-0.39, 0.29) is 51.7 Å². The lowest BCUT2D eigenvalue weighted by molar-refractivity contribution is 0.0912. The van der Waals surface area contributed by atoms with Crippen molar-refractivity contribution in [3.8, 4) is 0 Å². The van der Waals surface area contributed by atoms with Gasteiger partial charge in [0.05, 0.1) is 75.3 Å². The van der Waals surface area contributed by atoms with E-state index in [1.165, 1.54) is 48.8 Å². The maximum atomic E-state index is 14.8. The number of Topliss-reactive ketones (excluding diaryl/α,β-unsaturated/α-hetero) is 1. The van der Waals surface area contributed by atoms with Crippen LogP contribution < -0.4 is 11.2 Å². The predicted molar refractivity (Wildman–Crippen MR) is 375 cm³/mol. The monoisotopic (exact) mass is 1390 g/mol. The highest BCUT2D eigenvalue weighted by Crippen LogP contribution is 2.36. The van der Waals surface area contributed by atoms with Gasteiger partial charge in [-0.25, -0.2) is 65.8 Å². The molecule has 4 N–H and O–H groups in total. The number of hydrogen-bond donors (Lipinski definition) is 3. The fraction of sp³-hybridized carbons (Fsp3) is 0.137. The Morgan fingerprint density at radius 1 is 0.475 bits per heavy atom. The number of aliphatic hydroxyl groups is 1. The number of imidazole rings is 4. The number of halogens is 6. The topological polar surface area (TPSA) is 277 Å². The molecule has 12 aromatic heterocycles. The Hall–Kier alpha value is -12.1. The van der Waals surface area contributed by atoms with Crippen LogP contribution >= 0.6 is 23.2 Å². The summed E-state index contributed by atoms with van der Waals surface area (Å²) in [4.78, 5) is 56.3. The zero-order valence-corrected chi connectivity index (χ0v) is 55.9. The Balaban J connectivity index is 0.000000121. The van der Waals surface area contributed by atoms with Gasteiger partial charge in [-0.15, -0.1) is 0 Å². The van der Waals surface area contributed by atoms with E-state index in [0.717, 1.165) is 38.6 Å². The van der Waals surface area contributed by atoms with Crippen molar-refractivity contribution in [1.29, 1.82) is 0 Å². The van der Waals surface area contributed by atoms with Gasteiger partial charge in [0.1, 0.15) is 50.6 Å². The predicted octanol–water partition coefficient (Wildman–Crippen LogP) is 14.3. The van der Waals surface area contributed by atoms with Crippen LogP contribution in [0.25, 0.3) is 66.2 Å². The summed E-state index contributed by atoms with van der Waals surface area (Å²) >= 11 is 11.9. The molecule has 4 unspecified atom stereocenters. The quantitative estimate of drug-likeness (QED) is 0.0470. The van der Waals surface area contributed by atoms with Crippen LogP contribution in [0.1, 0.15) is 121 Å². The number of urea groups is 1. The van der Waals surface area contributed by atoms with Crippen LogP contribution in [0.3, 0.4) is 0 Å². The summed E-state index contributed by atoms with van der Waals surface area (Å²) < 4.78 is 64.9. The molecule has 0 aliphatic carbocycles. The Bertz CT molecular complexity index is 5920. The number of aromatic nitrogens is 16. The number of carbonyl (C=O) groups excluding carboxylic acids is 2. The van der Waals surface area contributed by atoms with Gasteiger partial charge in [-0.05, 0) is 128 Å². The van der Waals surface area contributed by atoms with Crippen LogP contribution in [0.15, 0.2) is 200 Å². The van der Waals surface area contributed by atoms with E-state index in [4.69, 9.17) is 28.9 Å². The van der Waals surface area contributed by atoms with Gasteiger partial charge in [-0.3, -0.25) is 24.7 Å². The molecule has 28 heteroatoms. The second-order valence-electron chi connectivity index (χ2n) is 23.7. The molecule has 22 nitrogen and oxygen atoms in total. The van der Waals surface area contributed by atoms with Gasteiger partial charge in [0.15, 0.2) is 28.4 Å². The Morgan fingerprint density at radius 3 is 1.26 bits per heavy atom. The van der Waals surface area contributed by atoms with Crippen LogP contribution in [0.2, 0.25) is 10.3 Å². The molecule has 12 heterocycles. The lowest BCUT2D eigenvalue weighted by Gasteiger charge is -2.24. The van der Waals surface area contributed by atoms with E-state index < -0.39 is 17.4 Å². The SMILES string of the molecule is C/C(=N\NC(N)=O)c1ccc2ncc(C(C)c3cc4cccnc4cc3F)n2n1.CC(=O)c1ccc2ncc(C(C)c3cc4cccnc4cc3F)n2n1.CC(O)(c1cc2cccnc2cc1F)c1cnc2ccc(Cl)nn12.CC(c1cc2cccnc2cc1F)c1cnc2ccc(Cl)nn12. The summed E-state index contributed by atoms with van der Waals surface area (Å²) in [5.41, 5.74) is 16.0. The molecule has 0 saturated heterocycles. The number of benzene rings is 4. The minimum Gasteiger partial charge on any atom is -0.379 e. The first-order valence-electron chi connectivity index (χ1n) is 31.3. The maximum Gasteiger partial charge on any atom is 0.332 e. The average Bonchev–Trinajstić information content (AvgIpc) is 1.73. The third-order valence-corrected chi connectivity index (χ3v) is 17.5. The highest BCUT2D eigenvalue weighted by Gasteiger charge is 2.34. The molecular formula is C73H57Cl2F4N19O3. The molecule has 16 rings (SSSR count). The fourth-order valence-corrected chi connectivity index (χ4v) is 12.0. The van der Waals surface area contributed by atoms with Crippen LogP contribution in [-0.4, -0.2) is 101 Å². The molecule has 2 amide bonds. The van der Waals surface area contributed by atoms with Gasteiger partial charge in [0.2, 0.25) is 0 Å². The highest BCUT2D eigenvalue weighted by molar-refractivity contribution is 6.29. The molecule has 0 bridgehead atoms. The second-order valence-corrected chi connectivity index (χ2v) is 24.5. The number of ketones is 1. The molecule has 0 fully saturated rings. The number of nitrogens with one attached hydrogen (secondary N) is 1. The van der Waals surface area contributed by atoms with Gasteiger partial charge in [0, 0.05) is 101 Å². The normalized spacial score (nSPS) is 13.1. The van der Waals surface area contributed by atoms with Gasteiger partial charge in [-0.2, -0.15) is 25.5 Å². The minimum atomic E-state index is -1.65. The molecule has 504 valence electrons. The van der Waals surface area contributed by atoms with Crippen molar-refractivity contribution in [2.45, 2.75) is 64.9 Å². The largest absolute Gasteiger partial charge is 0.379 e. The number of nitrogens with two attached hydrogens (primary N) is 1. The van der Waals surface area contributed by atoms with Crippen molar-refractivity contribution in [1.82, 2.24) is 83.8 Å². The summed E-state index contributed by atoms with van der Waals surface area (Å²) in [6.45, 7) is 10.4. The number of pyridine rings is 4. The number of nitrogens with zero attached hydrogens (tertiary/aromatic N) is 17. The standard InChI is InChI=1S/C20H18FN7O.C19H15FN4O.C17H12ClFN4O.C17H12ClFN4/c1-11(14-8-13-4-3-7-23-17(13)9-15(14)21)18-10-24-19-6-5-16(27-28(18)19)12(2)25-26-20(22)29;1-11(14-8-13-4-3-7-21-17(13)9-15(14)20)18-10-22-19-6-5-16(12(2)25)23-24(18)19;1-17(24,14-9-21-16-5-4-15(18)22-23(14)16)11-7-10-3-2-6-20-13(10)8-12(11)19;1-10(15-9-21-17-5-4-16(18)22-23(15)17)12-7-11-3-2-6-20-14(11)8-13(12)19/h3-11H,1-2H3,(H3,22,26,29);3-11H,1-2H3;2-9,24H,1H3;2-10H,1H3/b25-12+;;;. The Labute approximate surface area is 580 Å². The van der Waals surface area contributed by atoms with E-state index >= 15 is 0 Å². The van der Waals surface area contributed by atoms with E-state index in [2.05, 4.69) is 70.8 Å². The number of hydrazone groups is 1. The Kier molecular flexibility index (Phi) is 18.7. The second kappa shape index (κ2) is 28.0. The summed E-state index contributed by atoms with van der Waals surface area (Å²) in [6.07, 6.45) is 13.0. The van der Waals surface area contributed by atoms with Crippen LogP contribution in [0.4, 0.5) is 22.4 Å². The molecule has 0 spiro atoms. The van der Waals surface area contributed by atoms with Crippen molar-refractivity contribution in [2.24, 2.45) is 10.8 Å². The van der Waals surface area contributed by atoms with Gasteiger partial charge in [0.25, 0.3) is 0 Å². The minimum absolute atomic E-state index is 0.117. The third-order valence-electron chi connectivity index (χ3n) is 17.1. The van der Waals surface area contributed by atoms with Crippen molar-refractivity contribution in [3.05, 3.63) is 285 Å². The van der Waals surface area contributed by atoms with Crippen molar-refractivity contribution >= 4 is 107 Å². The summed E-state index contributed by atoms with van der Waals surface area (Å²) in [5, 5.41) is 36.2. The molecule has 0 radical (unpaired) electrons. The first kappa shape index (κ1) is 67.4. The van der Waals surface area contributed by atoms with Crippen LogP contribution in [-0.2, 0) is 5.60 Å². The summed E-state index contributed by atoms with van der Waals surface area (Å²) in [6, 6.07) is 40.3. The van der Waals surface area contributed by atoms with E-state index in [9.17, 15) is 32.3 Å². The molecule has 16 aromatic rings. The molecular weight excluding hydrogens is 1340 g/mol. The summed E-state index contributed by atoms with van der Waals surface area (Å²) in [7, 11) is 0. The van der Waals surface area contributed by atoms with Crippen molar-refractivity contribution in [3.63, 3.8) is 0 Å². The van der Waals surface area contributed by atoms with Gasteiger partial charge >= 0.3 is 6.03 Å². The first-order valence-corrected chi connectivity index (χ1v) is 32.0. The third kappa shape index (κ3) is 13.8. The number of rotatable bonds is 11. The van der Waals surface area contributed by atoms with Crippen LogP contribution in [0.5, 0.6) is 0 Å². The van der Waals surface area contributed by atoms with Crippen molar-refractivity contribution < 1.29 is 32.3 Å². The van der Waals surface area contributed by atoms with Gasteiger partial charge < -0.3 is 10.8 Å².